The molecule has 5 aliphatic heterocycles. The molecule has 5 rings (SSSR count). The largest absolute Gasteiger partial charge is 0.481 e. The van der Waals surface area contributed by atoms with Gasteiger partial charge in [-0.1, -0.05) is 60.5 Å². The molecular formula is C43H73NO11. The maximum absolute atomic E-state index is 12.0. The standard InChI is InChI=1S/C43H73NO11/c1-12-30(39(47)48)32-16-15-24(4)37(52-32)28(8)36(46)27(7)35(44-50-11)31(13-2)38-25(5)23-26(6)42(53-38)20-17-33(45)43(55-42)22-21-40(10,54-43)34-18-19-41(49,14-3)29(9)51-34/h17,20,24-34,36-38,45-46,49H,12-16,18-19,21-23H2,1-11H3,(H,47,48)/b44-35+/t24-,25-,26+,27+,28-,29-,30+,31-,32+,33+,34+,36+,37+,38-,40-,41+,42-,43-/m0/s1. The molecule has 12 nitrogen and oxygen atoms in total. The van der Waals surface area contributed by atoms with Gasteiger partial charge in [0, 0.05) is 30.1 Å². The lowest BCUT2D eigenvalue weighted by Gasteiger charge is -2.54. The smallest absolute Gasteiger partial charge is 0.309 e. The molecular weight excluding hydrogens is 706 g/mol. The van der Waals surface area contributed by atoms with Crippen LogP contribution in [-0.4, -0.2) is 105 Å². The SMILES string of the molecule is CC[C@@H](C(=O)O)[C@H]1CC[C@H](C)[C@H]([C@@H](C)[C@H](O)[C@H](C)/C(=N\OC)[C@H](CC)[C@H]2O[C@]3(C=C[C@@H](O)[C@]4(CC[C@@](C)([C@H]5CC[C@](O)(CC)[C@H](C)O5)O4)O3)[C@H](C)C[C@@H]2C)O1. The Morgan fingerprint density at radius 1 is 0.945 bits per heavy atom. The van der Waals surface area contributed by atoms with E-state index in [9.17, 15) is 25.2 Å². The third-order valence-electron chi connectivity index (χ3n) is 14.7. The monoisotopic (exact) mass is 780 g/mol. The summed E-state index contributed by atoms with van der Waals surface area (Å²) in [7, 11) is 1.52. The second kappa shape index (κ2) is 17.3. The Hall–Kier alpha value is -1.64. The summed E-state index contributed by atoms with van der Waals surface area (Å²) in [4.78, 5) is 17.5. The predicted molar refractivity (Wildman–Crippen MR) is 208 cm³/mol. The van der Waals surface area contributed by atoms with Crippen LogP contribution in [0.3, 0.4) is 0 Å². The lowest BCUT2D eigenvalue weighted by atomic mass is 9.72. The number of hydrogen-bond donors (Lipinski definition) is 4. The van der Waals surface area contributed by atoms with Gasteiger partial charge in [0.05, 0.1) is 59.5 Å². The molecule has 0 unspecified atom stereocenters. The van der Waals surface area contributed by atoms with Gasteiger partial charge in [0.1, 0.15) is 13.2 Å². The van der Waals surface area contributed by atoms with E-state index in [0.717, 1.165) is 12.8 Å². The molecule has 0 radical (unpaired) electrons. The molecule has 316 valence electrons. The van der Waals surface area contributed by atoms with Gasteiger partial charge >= 0.3 is 5.97 Å². The highest BCUT2D eigenvalue weighted by atomic mass is 16.8. The van der Waals surface area contributed by atoms with Crippen molar-refractivity contribution < 1.29 is 53.7 Å². The zero-order valence-electron chi connectivity index (χ0n) is 35.4. The molecule has 0 aromatic heterocycles. The molecule has 4 saturated heterocycles. The topological polar surface area (TPSA) is 166 Å². The van der Waals surface area contributed by atoms with E-state index in [0.29, 0.717) is 57.1 Å². The highest BCUT2D eigenvalue weighted by Crippen LogP contribution is 2.54. The second-order valence-electron chi connectivity index (χ2n) is 18.2. The molecule has 4 fully saturated rings. The highest BCUT2D eigenvalue weighted by Gasteiger charge is 2.63. The number of oxime groups is 1. The van der Waals surface area contributed by atoms with E-state index in [-0.39, 0.29) is 54.0 Å². The molecule has 12 heteroatoms. The molecule has 2 spiro atoms. The van der Waals surface area contributed by atoms with Crippen molar-refractivity contribution >= 4 is 11.7 Å². The number of hydrogen-bond acceptors (Lipinski definition) is 11. The van der Waals surface area contributed by atoms with Crippen LogP contribution < -0.4 is 0 Å². The van der Waals surface area contributed by atoms with Gasteiger partial charge in [-0.25, -0.2) is 0 Å². The molecule has 0 bridgehead atoms. The van der Waals surface area contributed by atoms with Crippen molar-refractivity contribution in [1.29, 1.82) is 0 Å². The molecule has 18 atom stereocenters. The van der Waals surface area contributed by atoms with Crippen molar-refractivity contribution in [3.8, 4) is 0 Å². The molecule has 4 N–H and O–H groups in total. The van der Waals surface area contributed by atoms with Gasteiger partial charge in [0.25, 0.3) is 0 Å². The maximum atomic E-state index is 12.0. The summed E-state index contributed by atoms with van der Waals surface area (Å²) in [6, 6.07) is 0. The van der Waals surface area contributed by atoms with Crippen LogP contribution in [0.2, 0.25) is 0 Å². The Kier molecular flexibility index (Phi) is 14.0. The van der Waals surface area contributed by atoms with Crippen LogP contribution >= 0.6 is 0 Å². The van der Waals surface area contributed by atoms with Gasteiger partial charge in [-0.2, -0.15) is 0 Å². The van der Waals surface area contributed by atoms with Gasteiger partial charge in [0.15, 0.2) is 5.79 Å². The number of carbonyl (C=O) groups is 1. The summed E-state index contributed by atoms with van der Waals surface area (Å²) in [5.41, 5.74) is -0.915. The van der Waals surface area contributed by atoms with E-state index >= 15 is 0 Å². The van der Waals surface area contributed by atoms with E-state index in [1.165, 1.54) is 7.11 Å². The number of ether oxygens (including phenoxy) is 5. The fourth-order valence-corrected chi connectivity index (χ4v) is 10.8. The number of carboxylic acid groups (broad SMARTS) is 1. The molecule has 0 saturated carbocycles. The minimum atomic E-state index is -1.34. The summed E-state index contributed by atoms with van der Waals surface area (Å²) >= 11 is 0. The molecule has 0 aliphatic carbocycles. The van der Waals surface area contributed by atoms with E-state index in [1.807, 2.05) is 47.6 Å². The summed E-state index contributed by atoms with van der Waals surface area (Å²) in [6.45, 7) is 20.2. The third-order valence-corrected chi connectivity index (χ3v) is 14.7. The quantitative estimate of drug-likeness (QED) is 0.0902. The summed E-state index contributed by atoms with van der Waals surface area (Å²) in [6.07, 6.45) is 6.40. The minimum Gasteiger partial charge on any atom is -0.481 e. The van der Waals surface area contributed by atoms with E-state index in [2.05, 4.69) is 32.9 Å². The first-order valence-corrected chi connectivity index (χ1v) is 21.3. The van der Waals surface area contributed by atoms with Crippen LogP contribution in [0.15, 0.2) is 17.3 Å². The highest BCUT2D eigenvalue weighted by molar-refractivity contribution is 5.89. The number of aliphatic hydroxyl groups is 3. The summed E-state index contributed by atoms with van der Waals surface area (Å²) in [5, 5.41) is 49.1. The Morgan fingerprint density at radius 3 is 2.24 bits per heavy atom. The number of nitrogens with zero attached hydrogens (tertiary/aromatic N) is 1. The van der Waals surface area contributed by atoms with Gasteiger partial charge in [-0.15, -0.1) is 0 Å². The first kappa shape index (κ1) is 44.5. The van der Waals surface area contributed by atoms with Crippen molar-refractivity contribution in [3.63, 3.8) is 0 Å². The molecule has 5 heterocycles. The van der Waals surface area contributed by atoms with Crippen molar-refractivity contribution in [2.24, 2.45) is 46.6 Å². The zero-order chi connectivity index (χ0) is 40.7. The predicted octanol–water partition coefficient (Wildman–Crippen LogP) is 6.62. The van der Waals surface area contributed by atoms with Crippen LogP contribution in [0.25, 0.3) is 0 Å². The van der Waals surface area contributed by atoms with Crippen LogP contribution in [-0.2, 0) is 33.3 Å². The maximum Gasteiger partial charge on any atom is 0.309 e. The summed E-state index contributed by atoms with van der Waals surface area (Å²) < 4.78 is 34.0. The number of aliphatic carboxylic acids is 1. The van der Waals surface area contributed by atoms with Crippen molar-refractivity contribution in [2.45, 2.75) is 199 Å². The Balaban J connectivity index is 1.36. The van der Waals surface area contributed by atoms with E-state index < -0.39 is 58.9 Å². The first-order chi connectivity index (χ1) is 25.8. The fourth-order valence-electron chi connectivity index (χ4n) is 10.8. The van der Waals surface area contributed by atoms with Crippen molar-refractivity contribution in [3.05, 3.63) is 12.2 Å². The van der Waals surface area contributed by atoms with Crippen molar-refractivity contribution in [2.75, 3.05) is 7.11 Å². The molecule has 0 aromatic carbocycles. The number of carboxylic acids is 1. The zero-order valence-corrected chi connectivity index (χ0v) is 35.4. The summed E-state index contributed by atoms with van der Waals surface area (Å²) in [5.74, 6) is -4.76. The van der Waals surface area contributed by atoms with Crippen molar-refractivity contribution in [1.82, 2.24) is 0 Å². The number of aliphatic hydroxyl groups excluding tert-OH is 2. The van der Waals surface area contributed by atoms with E-state index in [1.54, 1.807) is 6.08 Å². The minimum absolute atomic E-state index is 0.0701. The lowest BCUT2D eigenvalue weighted by Crippen LogP contribution is -2.63. The van der Waals surface area contributed by atoms with E-state index in [4.69, 9.17) is 28.5 Å². The Bertz CT molecular complexity index is 1380. The van der Waals surface area contributed by atoms with Gasteiger partial charge in [0.2, 0.25) is 5.79 Å². The van der Waals surface area contributed by atoms with Gasteiger partial charge in [-0.05, 0) is 95.6 Å². The lowest BCUT2D eigenvalue weighted by molar-refractivity contribution is -0.408. The molecule has 5 aliphatic rings. The van der Waals surface area contributed by atoms with Crippen LogP contribution in [0, 0.1) is 41.4 Å². The third kappa shape index (κ3) is 8.45. The molecule has 0 amide bonds. The van der Waals surface area contributed by atoms with Crippen LogP contribution in [0.5, 0.6) is 0 Å². The van der Waals surface area contributed by atoms with Gasteiger partial charge < -0.3 is 48.9 Å². The average molecular weight is 780 g/mol. The molecule has 0 aromatic rings. The first-order valence-electron chi connectivity index (χ1n) is 21.3. The average Bonchev–Trinajstić information content (AvgIpc) is 3.50. The van der Waals surface area contributed by atoms with Crippen LogP contribution in [0.4, 0.5) is 0 Å². The molecule has 55 heavy (non-hydrogen) atoms. The van der Waals surface area contributed by atoms with Crippen LogP contribution in [0.1, 0.15) is 133 Å². The normalized spacial score (nSPS) is 45.3. The Morgan fingerprint density at radius 2 is 1.64 bits per heavy atom. The second-order valence-corrected chi connectivity index (χ2v) is 18.2. The fraction of sp³-hybridized carbons (Fsp3) is 0.907. The number of rotatable bonds is 13. The Labute approximate surface area is 329 Å². The van der Waals surface area contributed by atoms with Gasteiger partial charge in [-0.3, -0.25) is 4.79 Å².